The lowest BCUT2D eigenvalue weighted by Crippen LogP contribution is -2.42. The summed E-state index contributed by atoms with van der Waals surface area (Å²) in [5, 5.41) is 6.50. The molecule has 1 saturated heterocycles. The summed E-state index contributed by atoms with van der Waals surface area (Å²) < 4.78 is 43.2. The Morgan fingerprint density at radius 2 is 1.65 bits per heavy atom. The van der Waals surface area contributed by atoms with Crippen molar-refractivity contribution >= 4 is 29.9 Å². The number of rotatable bonds is 4. The van der Waals surface area contributed by atoms with Crippen LogP contribution in [0.4, 0.5) is 13.2 Å². The topological polar surface area (TPSA) is 45.7 Å². The van der Waals surface area contributed by atoms with Crippen molar-refractivity contribution in [2.75, 3.05) is 33.4 Å². The van der Waals surface area contributed by atoms with Gasteiger partial charge in [-0.25, -0.2) is 0 Å². The summed E-state index contributed by atoms with van der Waals surface area (Å²) in [7, 11) is 1.71. The standard InChI is InChI=1S/C15H26F3N3O.HI/c1-19-14(21-9-12-6-7-22-10-12)20-8-11-2-4-13(5-3-11)15(16,17)18;/h11-13H,2-10H2,1H3,(H2,19,20,21);1H. The van der Waals surface area contributed by atoms with E-state index in [1.807, 2.05) is 0 Å². The molecule has 0 aromatic heterocycles. The van der Waals surface area contributed by atoms with Gasteiger partial charge in [-0.05, 0) is 38.0 Å². The van der Waals surface area contributed by atoms with Crippen molar-refractivity contribution in [3.8, 4) is 0 Å². The van der Waals surface area contributed by atoms with Crippen LogP contribution >= 0.6 is 24.0 Å². The van der Waals surface area contributed by atoms with Gasteiger partial charge in [-0.1, -0.05) is 0 Å². The van der Waals surface area contributed by atoms with Gasteiger partial charge in [0, 0.05) is 32.7 Å². The molecule has 0 spiro atoms. The van der Waals surface area contributed by atoms with Gasteiger partial charge in [-0.3, -0.25) is 4.99 Å². The fourth-order valence-electron chi connectivity index (χ4n) is 3.14. The lowest BCUT2D eigenvalue weighted by molar-refractivity contribution is -0.183. The summed E-state index contributed by atoms with van der Waals surface area (Å²) in [6.45, 7) is 3.11. The number of aliphatic imine (C=N–C) groups is 1. The molecular formula is C15H27F3IN3O. The molecule has 1 saturated carbocycles. The average Bonchev–Trinajstić information content (AvgIpc) is 3.00. The monoisotopic (exact) mass is 449 g/mol. The number of ether oxygens (including phenoxy) is 1. The van der Waals surface area contributed by atoms with Gasteiger partial charge in [0.25, 0.3) is 0 Å². The van der Waals surface area contributed by atoms with Gasteiger partial charge in [-0.2, -0.15) is 13.2 Å². The second-order valence-electron chi connectivity index (χ2n) is 6.32. The molecule has 8 heteroatoms. The Balaban J connectivity index is 0.00000264. The molecule has 2 fully saturated rings. The van der Waals surface area contributed by atoms with Crippen molar-refractivity contribution < 1.29 is 17.9 Å². The van der Waals surface area contributed by atoms with E-state index in [2.05, 4.69) is 15.6 Å². The van der Waals surface area contributed by atoms with Crippen LogP contribution in [0.15, 0.2) is 4.99 Å². The molecule has 0 bridgehead atoms. The van der Waals surface area contributed by atoms with Gasteiger partial charge in [-0.15, -0.1) is 24.0 Å². The first kappa shape index (κ1) is 20.8. The maximum absolute atomic E-state index is 12.6. The quantitative estimate of drug-likeness (QED) is 0.394. The number of hydrogen-bond acceptors (Lipinski definition) is 2. The van der Waals surface area contributed by atoms with Gasteiger partial charge in [0.2, 0.25) is 0 Å². The minimum Gasteiger partial charge on any atom is -0.381 e. The third-order valence-corrected chi connectivity index (χ3v) is 4.67. The summed E-state index contributed by atoms with van der Waals surface area (Å²) >= 11 is 0. The second-order valence-corrected chi connectivity index (χ2v) is 6.32. The largest absolute Gasteiger partial charge is 0.391 e. The molecule has 0 aromatic carbocycles. The summed E-state index contributed by atoms with van der Waals surface area (Å²) in [4.78, 5) is 4.16. The SMILES string of the molecule is CN=C(NCC1CCC(C(F)(F)F)CC1)NCC1CCOC1.I. The van der Waals surface area contributed by atoms with Gasteiger partial charge in [0.05, 0.1) is 12.5 Å². The molecule has 1 atom stereocenters. The van der Waals surface area contributed by atoms with E-state index in [1.165, 1.54) is 0 Å². The van der Waals surface area contributed by atoms with Crippen molar-refractivity contribution in [2.24, 2.45) is 22.7 Å². The van der Waals surface area contributed by atoms with Gasteiger partial charge >= 0.3 is 6.18 Å². The number of hydrogen-bond donors (Lipinski definition) is 2. The number of alkyl halides is 3. The maximum Gasteiger partial charge on any atom is 0.391 e. The number of guanidine groups is 1. The average molecular weight is 449 g/mol. The summed E-state index contributed by atoms with van der Waals surface area (Å²) in [6.07, 6.45) is -1.21. The van der Waals surface area contributed by atoms with Gasteiger partial charge < -0.3 is 15.4 Å². The van der Waals surface area contributed by atoms with Crippen LogP contribution in [-0.2, 0) is 4.74 Å². The number of nitrogens with one attached hydrogen (secondary N) is 2. The van der Waals surface area contributed by atoms with Crippen LogP contribution in [0.3, 0.4) is 0 Å². The molecule has 2 N–H and O–H groups in total. The minimum atomic E-state index is -4.03. The van der Waals surface area contributed by atoms with Crippen molar-refractivity contribution in [1.29, 1.82) is 0 Å². The number of halogens is 4. The van der Waals surface area contributed by atoms with Crippen molar-refractivity contribution in [2.45, 2.75) is 38.3 Å². The molecule has 1 heterocycles. The van der Waals surface area contributed by atoms with E-state index < -0.39 is 12.1 Å². The Labute approximate surface area is 153 Å². The third-order valence-electron chi connectivity index (χ3n) is 4.67. The Morgan fingerprint density at radius 3 is 2.13 bits per heavy atom. The van der Waals surface area contributed by atoms with E-state index in [0.717, 1.165) is 32.1 Å². The van der Waals surface area contributed by atoms with Crippen LogP contribution < -0.4 is 10.6 Å². The van der Waals surface area contributed by atoms with Crippen LogP contribution in [0.2, 0.25) is 0 Å². The Morgan fingerprint density at radius 1 is 1.04 bits per heavy atom. The second kappa shape index (κ2) is 9.90. The summed E-state index contributed by atoms with van der Waals surface area (Å²) in [5.41, 5.74) is 0. The van der Waals surface area contributed by atoms with Gasteiger partial charge in [0.15, 0.2) is 5.96 Å². The molecule has 0 amide bonds. The van der Waals surface area contributed by atoms with E-state index in [-0.39, 0.29) is 36.8 Å². The van der Waals surface area contributed by atoms with Crippen molar-refractivity contribution in [3.63, 3.8) is 0 Å². The van der Waals surface area contributed by atoms with E-state index in [0.29, 0.717) is 31.2 Å². The van der Waals surface area contributed by atoms with Crippen LogP contribution in [-0.4, -0.2) is 45.5 Å². The molecule has 4 nitrogen and oxygen atoms in total. The lowest BCUT2D eigenvalue weighted by atomic mass is 9.81. The van der Waals surface area contributed by atoms with E-state index in [9.17, 15) is 13.2 Å². The Hall–Kier alpha value is -0.250. The molecule has 1 aliphatic carbocycles. The predicted molar refractivity (Wildman–Crippen MR) is 95.2 cm³/mol. The van der Waals surface area contributed by atoms with Crippen LogP contribution in [0, 0.1) is 17.8 Å². The zero-order valence-corrected chi connectivity index (χ0v) is 15.8. The zero-order chi connectivity index (χ0) is 16.0. The summed E-state index contributed by atoms with van der Waals surface area (Å²) in [5.74, 6) is 0.432. The Kier molecular flexibility index (Phi) is 8.95. The molecule has 136 valence electrons. The van der Waals surface area contributed by atoms with Crippen molar-refractivity contribution in [3.05, 3.63) is 0 Å². The third kappa shape index (κ3) is 7.03. The van der Waals surface area contributed by atoms with Gasteiger partial charge in [0.1, 0.15) is 0 Å². The molecule has 2 aliphatic rings. The zero-order valence-electron chi connectivity index (χ0n) is 13.5. The highest BCUT2D eigenvalue weighted by atomic mass is 127. The van der Waals surface area contributed by atoms with E-state index in [1.54, 1.807) is 7.05 Å². The molecule has 1 aliphatic heterocycles. The molecular weight excluding hydrogens is 422 g/mol. The highest BCUT2D eigenvalue weighted by Gasteiger charge is 2.41. The predicted octanol–water partition coefficient (Wildman–Crippen LogP) is 3.17. The smallest absolute Gasteiger partial charge is 0.381 e. The molecule has 0 aromatic rings. The molecule has 2 rings (SSSR count). The molecule has 1 unspecified atom stereocenters. The first-order valence-electron chi connectivity index (χ1n) is 8.08. The highest BCUT2D eigenvalue weighted by molar-refractivity contribution is 14.0. The van der Waals surface area contributed by atoms with Crippen molar-refractivity contribution in [1.82, 2.24) is 10.6 Å². The summed E-state index contributed by atoms with van der Waals surface area (Å²) in [6, 6.07) is 0. The van der Waals surface area contributed by atoms with Crippen LogP contribution in [0.5, 0.6) is 0 Å². The fraction of sp³-hybridized carbons (Fsp3) is 0.933. The fourth-order valence-corrected chi connectivity index (χ4v) is 3.14. The van der Waals surface area contributed by atoms with E-state index in [4.69, 9.17) is 4.74 Å². The molecule has 23 heavy (non-hydrogen) atoms. The highest BCUT2D eigenvalue weighted by Crippen LogP contribution is 2.39. The first-order valence-corrected chi connectivity index (χ1v) is 8.08. The van der Waals surface area contributed by atoms with Crippen LogP contribution in [0.1, 0.15) is 32.1 Å². The Bertz CT molecular complexity index is 365. The minimum absolute atomic E-state index is 0. The lowest BCUT2D eigenvalue weighted by Gasteiger charge is -2.30. The number of nitrogens with zero attached hydrogens (tertiary/aromatic N) is 1. The maximum atomic E-state index is 12.6. The molecule has 0 radical (unpaired) electrons. The normalized spacial score (nSPS) is 29.0. The van der Waals surface area contributed by atoms with E-state index >= 15 is 0 Å². The van der Waals surface area contributed by atoms with Crippen LogP contribution in [0.25, 0.3) is 0 Å². The first-order chi connectivity index (χ1) is 10.5.